The van der Waals surface area contributed by atoms with E-state index < -0.39 is 5.25 Å². The zero-order valence-corrected chi connectivity index (χ0v) is 18.0. The van der Waals surface area contributed by atoms with Gasteiger partial charge in [0.1, 0.15) is 11.0 Å². The van der Waals surface area contributed by atoms with Crippen LogP contribution in [0.25, 0.3) is 16.6 Å². The molecule has 0 aliphatic carbocycles. The Labute approximate surface area is 188 Å². The first-order valence-corrected chi connectivity index (χ1v) is 10.9. The number of tetrazole rings is 1. The van der Waals surface area contributed by atoms with Crippen LogP contribution in [0.15, 0.2) is 90.2 Å². The smallest absolute Gasteiger partial charge is 0.215 e. The van der Waals surface area contributed by atoms with E-state index in [-0.39, 0.29) is 5.78 Å². The lowest BCUT2D eigenvalue weighted by Crippen LogP contribution is -2.11. The number of nitrogens with one attached hydrogen (secondary N) is 1. The number of ketones is 1. The van der Waals surface area contributed by atoms with Gasteiger partial charge in [-0.15, -0.1) is 5.10 Å². The molecule has 0 bridgehead atoms. The highest BCUT2D eigenvalue weighted by Gasteiger charge is 2.28. The van der Waals surface area contributed by atoms with E-state index in [2.05, 4.69) is 20.5 Å². The monoisotopic (exact) mass is 441 g/mol. The maximum Gasteiger partial charge on any atom is 0.215 e. The highest BCUT2D eigenvalue weighted by molar-refractivity contribution is 8.00. The van der Waals surface area contributed by atoms with Crippen LogP contribution in [0.5, 0.6) is 5.75 Å². The summed E-state index contributed by atoms with van der Waals surface area (Å²) in [6.07, 6.45) is 1.77. The minimum atomic E-state index is -0.515. The Bertz CT molecular complexity index is 1360. The van der Waals surface area contributed by atoms with Crippen molar-refractivity contribution in [1.29, 1.82) is 0 Å². The van der Waals surface area contributed by atoms with Crippen molar-refractivity contribution in [1.82, 2.24) is 25.2 Å². The van der Waals surface area contributed by atoms with Gasteiger partial charge in [-0.3, -0.25) is 4.79 Å². The molecule has 0 radical (unpaired) electrons. The number of methoxy groups -OCH3 is 1. The molecular formula is C24H19N5O2S. The average Bonchev–Trinajstić information content (AvgIpc) is 3.50. The SMILES string of the molecule is COc1ccc(-n2nnnc2S[C@@H](C(=O)c2c[nH]c3ccccc23)c2ccccc2)cc1. The summed E-state index contributed by atoms with van der Waals surface area (Å²) in [7, 11) is 1.62. The van der Waals surface area contributed by atoms with Crippen LogP contribution in [0.2, 0.25) is 0 Å². The molecule has 0 aliphatic rings. The van der Waals surface area contributed by atoms with Gasteiger partial charge in [0.05, 0.1) is 12.8 Å². The van der Waals surface area contributed by atoms with Crippen molar-refractivity contribution in [2.24, 2.45) is 0 Å². The molecule has 0 aliphatic heterocycles. The highest BCUT2D eigenvalue weighted by atomic mass is 32.2. The molecule has 158 valence electrons. The number of nitrogens with zero attached hydrogens (tertiary/aromatic N) is 4. The number of hydrogen-bond acceptors (Lipinski definition) is 6. The van der Waals surface area contributed by atoms with Gasteiger partial charge in [0.15, 0.2) is 5.78 Å². The molecule has 0 unspecified atom stereocenters. The van der Waals surface area contributed by atoms with E-state index in [1.54, 1.807) is 18.0 Å². The van der Waals surface area contributed by atoms with Crippen molar-refractivity contribution in [3.63, 3.8) is 0 Å². The zero-order chi connectivity index (χ0) is 21.9. The second-order valence-corrected chi connectivity index (χ2v) is 8.16. The number of carbonyl (C=O) groups excluding carboxylic acids is 1. The largest absolute Gasteiger partial charge is 0.497 e. The van der Waals surface area contributed by atoms with Gasteiger partial charge in [-0.2, -0.15) is 4.68 Å². The number of aromatic amines is 1. The fourth-order valence-corrected chi connectivity index (χ4v) is 4.62. The number of Topliss-reactive ketones (excluding diaryl/α,β-unsaturated/α-hetero) is 1. The van der Waals surface area contributed by atoms with E-state index in [1.807, 2.05) is 78.9 Å². The van der Waals surface area contributed by atoms with E-state index in [1.165, 1.54) is 11.8 Å². The van der Waals surface area contributed by atoms with E-state index in [0.29, 0.717) is 10.7 Å². The van der Waals surface area contributed by atoms with Crippen LogP contribution in [0.1, 0.15) is 21.2 Å². The van der Waals surface area contributed by atoms with Crippen molar-refractivity contribution < 1.29 is 9.53 Å². The summed E-state index contributed by atoms with van der Waals surface area (Å²) in [6, 6.07) is 24.9. The number of ether oxygens (including phenoxy) is 1. The molecule has 32 heavy (non-hydrogen) atoms. The summed E-state index contributed by atoms with van der Waals surface area (Å²) >= 11 is 1.33. The van der Waals surface area contributed by atoms with Crippen molar-refractivity contribution in [2.75, 3.05) is 7.11 Å². The summed E-state index contributed by atoms with van der Waals surface area (Å²) in [5, 5.41) is 13.1. The number of para-hydroxylation sites is 1. The normalized spacial score (nSPS) is 12.0. The van der Waals surface area contributed by atoms with E-state index >= 15 is 0 Å². The van der Waals surface area contributed by atoms with E-state index in [0.717, 1.165) is 27.9 Å². The first-order valence-electron chi connectivity index (χ1n) is 9.99. The Balaban J connectivity index is 1.53. The third-order valence-electron chi connectivity index (χ3n) is 5.18. The van der Waals surface area contributed by atoms with Crippen LogP contribution >= 0.6 is 11.8 Å². The van der Waals surface area contributed by atoms with Crippen LogP contribution in [0, 0.1) is 0 Å². The number of carbonyl (C=O) groups is 1. The van der Waals surface area contributed by atoms with Crippen LogP contribution in [0.3, 0.4) is 0 Å². The number of fused-ring (bicyclic) bond motifs is 1. The number of benzene rings is 3. The van der Waals surface area contributed by atoms with Gasteiger partial charge in [0.25, 0.3) is 0 Å². The van der Waals surface area contributed by atoms with Gasteiger partial charge >= 0.3 is 0 Å². The summed E-state index contributed by atoms with van der Waals surface area (Å²) in [6.45, 7) is 0. The summed E-state index contributed by atoms with van der Waals surface area (Å²) in [4.78, 5) is 16.9. The van der Waals surface area contributed by atoms with Crippen molar-refractivity contribution in [2.45, 2.75) is 10.4 Å². The highest BCUT2D eigenvalue weighted by Crippen LogP contribution is 2.38. The predicted octanol–water partition coefficient (Wildman–Crippen LogP) is 4.87. The molecular weight excluding hydrogens is 422 g/mol. The lowest BCUT2D eigenvalue weighted by molar-refractivity contribution is 0.0991. The van der Waals surface area contributed by atoms with Gasteiger partial charge in [-0.05, 0) is 46.3 Å². The second kappa shape index (κ2) is 8.68. The Kier molecular flexibility index (Phi) is 5.43. The molecule has 0 spiro atoms. The van der Waals surface area contributed by atoms with Crippen molar-refractivity contribution >= 4 is 28.4 Å². The fraction of sp³-hybridized carbons (Fsp3) is 0.0833. The standard InChI is InChI=1S/C24H19N5O2S/c1-31-18-13-11-17(12-14-18)29-24(26-27-28-29)32-23(16-7-3-2-4-8-16)22(30)20-15-25-21-10-6-5-9-19(20)21/h2-15,23,25H,1H3/t23-/m1/s1. The molecule has 3 aromatic carbocycles. The second-order valence-electron chi connectivity index (χ2n) is 7.09. The quantitative estimate of drug-likeness (QED) is 0.287. The van der Waals surface area contributed by atoms with Gasteiger partial charge in [0, 0.05) is 22.7 Å². The third-order valence-corrected chi connectivity index (χ3v) is 6.36. The molecule has 2 aromatic heterocycles. The molecule has 5 rings (SSSR count). The van der Waals surface area contributed by atoms with Crippen LogP contribution in [-0.2, 0) is 0 Å². The molecule has 8 heteroatoms. The molecule has 1 atom stereocenters. The number of H-pyrrole nitrogens is 1. The Hall–Kier alpha value is -3.91. The maximum atomic E-state index is 13.7. The number of thioether (sulfide) groups is 1. The van der Waals surface area contributed by atoms with Crippen molar-refractivity contribution in [3.05, 3.63) is 96.2 Å². The van der Waals surface area contributed by atoms with Crippen LogP contribution < -0.4 is 4.74 Å². The Morgan fingerprint density at radius 1 is 1.00 bits per heavy atom. The van der Waals surface area contributed by atoms with Crippen molar-refractivity contribution in [3.8, 4) is 11.4 Å². The Morgan fingerprint density at radius 3 is 2.53 bits per heavy atom. The molecule has 2 heterocycles. The Morgan fingerprint density at radius 2 is 1.75 bits per heavy atom. The lowest BCUT2D eigenvalue weighted by Gasteiger charge is -2.15. The minimum absolute atomic E-state index is 0.0112. The predicted molar refractivity (Wildman–Crippen MR) is 123 cm³/mol. The van der Waals surface area contributed by atoms with E-state index in [4.69, 9.17) is 4.74 Å². The van der Waals surface area contributed by atoms with Crippen LogP contribution in [-0.4, -0.2) is 38.1 Å². The first-order chi connectivity index (χ1) is 15.7. The summed E-state index contributed by atoms with van der Waals surface area (Å²) in [5.41, 5.74) is 3.24. The number of hydrogen-bond donors (Lipinski definition) is 1. The first kappa shape index (κ1) is 20.0. The topological polar surface area (TPSA) is 85.7 Å². The summed E-state index contributed by atoms with van der Waals surface area (Å²) < 4.78 is 6.86. The number of aromatic nitrogens is 5. The van der Waals surface area contributed by atoms with Gasteiger partial charge in [0.2, 0.25) is 5.16 Å². The molecule has 1 N–H and O–H groups in total. The zero-order valence-electron chi connectivity index (χ0n) is 17.2. The maximum absolute atomic E-state index is 13.7. The lowest BCUT2D eigenvalue weighted by atomic mass is 10.0. The van der Waals surface area contributed by atoms with Gasteiger partial charge in [-0.25, -0.2) is 0 Å². The van der Waals surface area contributed by atoms with Crippen LogP contribution in [0.4, 0.5) is 0 Å². The van der Waals surface area contributed by atoms with Gasteiger partial charge in [-0.1, -0.05) is 60.3 Å². The molecule has 0 saturated carbocycles. The minimum Gasteiger partial charge on any atom is -0.497 e. The molecule has 5 aromatic rings. The molecule has 0 saturated heterocycles. The number of rotatable bonds is 7. The molecule has 7 nitrogen and oxygen atoms in total. The van der Waals surface area contributed by atoms with Gasteiger partial charge < -0.3 is 9.72 Å². The third kappa shape index (κ3) is 3.76. The summed E-state index contributed by atoms with van der Waals surface area (Å²) in [5.74, 6) is 0.732. The van der Waals surface area contributed by atoms with E-state index in [9.17, 15) is 4.79 Å². The average molecular weight is 442 g/mol. The molecule has 0 fully saturated rings. The molecule has 0 amide bonds. The fourth-order valence-electron chi connectivity index (χ4n) is 3.56.